The second-order valence-electron chi connectivity index (χ2n) is 6.09. The Balaban J connectivity index is 1.64. The smallest absolute Gasteiger partial charge is 0.264 e. The molecule has 1 aliphatic rings. The quantitative estimate of drug-likeness (QED) is 0.768. The van der Waals surface area contributed by atoms with Crippen LogP contribution in [0.4, 0.5) is 0 Å². The van der Waals surface area contributed by atoms with Crippen molar-refractivity contribution in [2.24, 2.45) is 0 Å². The highest BCUT2D eigenvalue weighted by Gasteiger charge is 2.31. The predicted molar refractivity (Wildman–Crippen MR) is 97.8 cm³/mol. The first kappa shape index (κ1) is 16.6. The number of aromatic amines is 1. The summed E-state index contributed by atoms with van der Waals surface area (Å²) in [5.74, 6) is 0.129. The summed E-state index contributed by atoms with van der Waals surface area (Å²) in [6, 6.07) is 3.43. The van der Waals surface area contributed by atoms with E-state index < -0.39 is 5.56 Å². The van der Waals surface area contributed by atoms with Crippen molar-refractivity contribution in [3.05, 3.63) is 63.2 Å². The van der Waals surface area contributed by atoms with Gasteiger partial charge in [0.1, 0.15) is 16.4 Å². The number of rotatable bonds is 3. The first-order chi connectivity index (χ1) is 12.7. The van der Waals surface area contributed by atoms with Crippen LogP contribution in [0.5, 0.6) is 0 Å². The van der Waals surface area contributed by atoms with Gasteiger partial charge in [-0.15, -0.1) is 11.3 Å². The van der Waals surface area contributed by atoms with Crippen molar-refractivity contribution in [3.8, 4) is 11.4 Å². The van der Waals surface area contributed by atoms with Gasteiger partial charge in [-0.3, -0.25) is 14.6 Å². The van der Waals surface area contributed by atoms with E-state index in [2.05, 4.69) is 19.9 Å². The predicted octanol–water partition coefficient (Wildman–Crippen LogP) is 2.66. The Morgan fingerprint density at radius 3 is 2.77 bits per heavy atom. The van der Waals surface area contributed by atoms with Crippen molar-refractivity contribution >= 4 is 17.2 Å². The number of nitrogens with one attached hydrogen (secondary N) is 1. The van der Waals surface area contributed by atoms with Crippen LogP contribution < -0.4 is 5.56 Å². The van der Waals surface area contributed by atoms with Gasteiger partial charge in [0.15, 0.2) is 0 Å². The average Bonchev–Trinajstić information content (AvgIpc) is 3.23. The zero-order chi connectivity index (χ0) is 17.9. The van der Waals surface area contributed by atoms with Crippen LogP contribution in [-0.2, 0) is 0 Å². The highest BCUT2D eigenvalue weighted by atomic mass is 32.1. The molecule has 0 spiro atoms. The molecule has 8 heteroatoms. The number of hydrogen-bond acceptors (Lipinski definition) is 6. The molecule has 0 unspecified atom stereocenters. The largest absolute Gasteiger partial charge is 0.329 e. The van der Waals surface area contributed by atoms with Crippen molar-refractivity contribution < 1.29 is 4.79 Å². The van der Waals surface area contributed by atoms with E-state index in [0.29, 0.717) is 12.4 Å². The summed E-state index contributed by atoms with van der Waals surface area (Å²) < 4.78 is 0. The Hall–Kier alpha value is -2.87. The Kier molecular flexibility index (Phi) is 4.57. The van der Waals surface area contributed by atoms with Crippen molar-refractivity contribution in [3.63, 3.8) is 0 Å². The number of aromatic nitrogens is 4. The van der Waals surface area contributed by atoms with Crippen LogP contribution in [0.2, 0.25) is 0 Å². The summed E-state index contributed by atoms with van der Waals surface area (Å²) in [5, 5.41) is 2.82. The molecule has 132 valence electrons. The van der Waals surface area contributed by atoms with Crippen LogP contribution in [0.25, 0.3) is 11.4 Å². The molecule has 3 aromatic heterocycles. The van der Waals surface area contributed by atoms with E-state index in [9.17, 15) is 9.59 Å². The van der Waals surface area contributed by atoms with Crippen LogP contribution in [0, 0.1) is 0 Å². The first-order valence-corrected chi connectivity index (χ1v) is 9.32. The third-order valence-corrected chi connectivity index (χ3v) is 5.36. The zero-order valence-corrected chi connectivity index (χ0v) is 14.8. The summed E-state index contributed by atoms with van der Waals surface area (Å²) in [7, 11) is 0. The fraction of sp³-hybridized carbons (Fsp3) is 0.278. The van der Waals surface area contributed by atoms with E-state index in [1.54, 1.807) is 35.6 Å². The molecule has 0 radical (unpaired) electrons. The molecule has 1 aliphatic heterocycles. The van der Waals surface area contributed by atoms with Crippen LogP contribution in [0.3, 0.4) is 0 Å². The van der Waals surface area contributed by atoms with E-state index in [1.807, 2.05) is 5.38 Å². The second-order valence-corrected chi connectivity index (χ2v) is 7.02. The fourth-order valence-electron chi connectivity index (χ4n) is 3.19. The number of carbonyl (C=O) groups excluding carboxylic acids is 1. The Labute approximate surface area is 153 Å². The number of thiazole rings is 1. The topological polar surface area (TPSA) is 91.8 Å². The molecule has 0 saturated carbocycles. The summed E-state index contributed by atoms with van der Waals surface area (Å²) in [4.78, 5) is 42.6. The van der Waals surface area contributed by atoms with Gasteiger partial charge in [0.2, 0.25) is 0 Å². The van der Waals surface area contributed by atoms with Gasteiger partial charge in [0.25, 0.3) is 11.5 Å². The molecule has 4 rings (SSSR count). The molecular weight excluding hydrogens is 350 g/mol. The highest BCUT2D eigenvalue weighted by Crippen LogP contribution is 2.32. The summed E-state index contributed by atoms with van der Waals surface area (Å²) in [6.07, 6.45) is 9.19. The van der Waals surface area contributed by atoms with Gasteiger partial charge < -0.3 is 9.88 Å². The Morgan fingerprint density at radius 1 is 1.19 bits per heavy atom. The number of H-pyrrole nitrogens is 1. The minimum absolute atomic E-state index is 0.0614. The summed E-state index contributed by atoms with van der Waals surface area (Å²) in [6.45, 7) is 0.620. The summed E-state index contributed by atoms with van der Waals surface area (Å²) in [5.41, 5.74) is 0.376. The highest BCUT2D eigenvalue weighted by molar-refractivity contribution is 7.09. The van der Waals surface area contributed by atoms with Crippen LogP contribution in [-0.4, -0.2) is 37.3 Å². The molecule has 0 aromatic carbocycles. The van der Waals surface area contributed by atoms with E-state index in [0.717, 1.165) is 29.8 Å². The number of hydrogen-bond donors (Lipinski definition) is 1. The van der Waals surface area contributed by atoms with E-state index in [1.165, 1.54) is 17.5 Å². The lowest BCUT2D eigenvalue weighted by Crippen LogP contribution is -2.40. The molecule has 1 N–H and O–H groups in total. The molecule has 7 nitrogen and oxygen atoms in total. The molecule has 1 atom stereocenters. The van der Waals surface area contributed by atoms with Crippen molar-refractivity contribution in [2.45, 2.75) is 25.3 Å². The minimum atomic E-state index is -0.430. The number of piperidine rings is 1. The maximum absolute atomic E-state index is 13.0. The number of nitrogens with zero attached hydrogens (tertiary/aromatic N) is 4. The number of amides is 1. The van der Waals surface area contributed by atoms with Gasteiger partial charge in [-0.05, 0) is 31.4 Å². The minimum Gasteiger partial charge on any atom is -0.329 e. The third kappa shape index (κ3) is 3.15. The van der Waals surface area contributed by atoms with Crippen molar-refractivity contribution in [2.75, 3.05) is 6.54 Å². The molecule has 1 saturated heterocycles. The van der Waals surface area contributed by atoms with E-state index in [4.69, 9.17) is 0 Å². The second kappa shape index (κ2) is 7.17. The van der Waals surface area contributed by atoms with Gasteiger partial charge in [-0.25, -0.2) is 9.97 Å². The normalized spacial score (nSPS) is 17.2. The molecule has 26 heavy (non-hydrogen) atoms. The SMILES string of the molecule is O=C(c1cnc(-c2ccncc2)[nH]c1=O)N1CCCC[C@H]1c1nccs1. The Morgan fingerprint density at radius 2 is 2.04 bits per heavy atom. The zero-order valence-electron chi connectivity index (χ0n) is 14.0. The maximum Gasteiger partial charge on any atom is 0.264 e. The Bertz CT molecular complexity index is 955. The molecule has 3 aromatic rings. The first-order valence-electron chi connectivity index (χ1n) is 8.44. The van der Waals surface area contributed by atoms with E-state index in [-0.39, 0.29) is 17.5 Å². The van der Waals surface area contributed by atoms with Gasteiger partial charge in [-0.2, -0.15) is 0 Å². The van der Waals surface area contributed by atoms with Gasteiger partial charge in [0, 0.05) is 42.3 Å². The molecular formula is C18H17N5O2S. The molecule has 4 heterocycles. The standard InChI is InChI=1S/C18H17N5O2S/c24-16-13(11-21-15(22-16)12-4-6-19-7-5-12)18(25)23-9-2-1-3-14(23)17-20-8-10-26-17/h4-8,10-11,14H,1-3,9H2,(H,21,22,24)/t14-/m0/s1. The lowest BCUT2D eigenvalue weighted by atomic mass is 10.0. The van der Waals surface area contributed by atoms with Crippen molar-refractivity contribution in [1.82, 2.24) is 24.8 Å². The van der Waals surface area contributed by atoms with E-state index >= 15 is 0 Å². The van der Waals surface area contributed by atoms with Crippen molar-refractivity contribution in [1.29, 1.82) is 0 Å². The summed E-state index contributed by atoms with van der Waals surface area (Å²) >= 11 is 1.54. The molecule has 1 fully saturated rings. The van der Waals surface area contributed by atoms with Crippen LogP contribution >= 0.6 is 11.3 Å². The third-order valence-electron chi connectivity index (χ3n) is 4.48. The number of carbonyl (C=O) groups is 1. The van der Waals surface area contributed by atoms with Gasteiger partial charge in [-0.1, -0.05) is 0 Å². The van der Waals surface area contributed by atoms with Crippen LogP contribution in [0.15, 0.2) is 47.1 Å². The average molecular weight is 367 g/mol. The monoisotopic (exact) mass is 367 g/mol. The maximum atomic E-state index is 13.0. The van der Waals surface area contributed by atoms with Crippen LogP contribution in [0.1, 0.15) is 40.7 Å². The molecule has 0 aliphatic carbocycles. The fourth-order valence-corrected chi connectivity index (χ4v) is 3.97. The molecule has 1 amide bonds. The number of pyridine rings is 1. The van der Waals surface area contributed by atoms with Gasteiger partial charge >= 0.3 is 0 Å². The molecule has 0 bridgehead atoms. The lowest BCUT2D eigenvalue weighted by molar-refractivity contribution is 0.0609. The number of likely N-dealkylation sites (tertiary alicyclic amines) is 1. The lowest BCUT2D eigenvalue weighted by Gasteiger charge is -2.34. The van der Waals surface area contributed by atoms with Gasteiger partial charge in [0.05, 0.1) is 6.04 Å².